The van der Waals surface area contributed by atoms with E-state index in [1.54, 1.807) is 13.0 Å². The maximum atomic E-state index is 13.3. The first-order valence-corrected chi connectivity index (χ1v) is 15.4. The number of ether oxygens (including phenoxy) is 3. The second-order valence-electron chi connectivity index (χ2n) is 8.29. The fourth-order valence-corrected chi connectivity index (χ4v) is 6.50. The summed E-state index contributed by atoms with van der Waals surface area (Å²) in [5.74, 6) is 10.5. The van der Waals surface area contributed by atoms with Crippen LogP contribution >= 0.6 is 31.4 Å². The van der Waals surface area contributed by atoms with E-state index in [1.807, 2.05) is 11.7 Å². The van der Waals surface area contributed by atoms with Crippen molar-refractivity contribution in [1.82, 2.24) is 10.8 Å². The predicted molar refractivity (Wildman–Crippen MR) is 143 cm³/mol. The number of hydrogen-bond donors (Lipinski definition) is 6. The van der Waals surface area contributed by atoms with Gasteiger partial charge in [0.05, 0.1) is 25.7 Å². The molecule has 6 N–H and O–H groups in total. The molecular weight excluding hydrogens is 556 g/mol. The minimum atomic E-state index is -1.94. The fraction of sp³-hybridized carbons (Fsp3) is 0.500. The number of amides is 1. The van der Waals surface area contributed by atoms with Crippen LogP contribution in [0.15, 0.2) is 35.1 Å². The topological polar surface area (TPSA) is 167 Å². The second kappa shape index (κ2) is 13.8. The maximum Gasteiger partial charge on any atom is 0.407 e. The van der Waals surface area contributed by atoms with Crippen LogP contribution in [0, 0.1) is 23.7 Å². The van der Waals surface area contributed by atoms with Crippen molar-refractivity contribution in [3.63, 3.8) is 0 Å². The molecule has 0 aromatic carbocycles. The molecule has 3 rings (SSSR count). The maximum absolute atomic E-state index is 13.3. The Bertz CT molecular complexity index is 1140. The highest BCUT2D eigenvalue weighted by Crippen LogP contribution is 2.40. The van der Waals surface area contributed by atoms with E-state index < -0.39 is 60.6 Å². The number of nitrogens with one attached hydrogen (secondary N) is 2. The van der Waals surface area contributed by atoms with Gasteiger partial charge in [-0.05, 0) is 41.1 Å². The highest BCUT2D eigenvalue weighted by molar-refractivity contribution is 9.09. The molecule has 2 bridgehead atoms. The van der Waals surface area contributed by atoms with E-state index in [-0.39, 0.29) is 16.9 Å². The third-order valence-corrected chi connectivity index (χ3v) is 9.62. The summed E-state index contributed by atoms with van der Waals surface area (Å²) in [4.78, 5) is 25.5. The van der Waals surface area contributed by atoms with Gasteiger partial charge in [0.2, 0.25) is 6.29 Å². The second-order valence-corrected chi connectivity index (χ2v) is 12.7. The molecule has 0 spiro atoms. The first-order chi connectivity index (χ1) is 18.2. The number of Topliss-reactive ketones (excluding diaryl/α,β-unsaturated/α-hetero) is 1. The number of methoxy groups -OCH3 is 1. The van der Waals surface area contributed by atoms with Crippen LogP contribution in [0.5, 0.6) is 0 Å². The first kappa shape index (κ1) is 30.4. The summed E-state index contributed by atoms with van der Waals surface area (Å²) in [6.07, 6.45) is -0.349. The monoisotopic (exact) mass is 584 g/mol. The molecule has 3 aliphatic rings. The van der Waals surface area contributed by atoms with Crippen molar-refractivity contribution in [2.24, 2.45) is 0 Å². The van der Waals surface area contributed by atoms with Crippen LogP contribution in [0.1, 0.15) is 13.3 Å². The summed E-state index contributed by atoms with van der Waals surface area (Å²) in [6, 6.07) is -2.34. The number of allylic oxidation sites excluding steroid dienone is 3. The van der Waals surface area contributed by atoms with Crippen LogP contribution in [0.25, 0.3) is 0 Å². The van der Waals surface area contributed by atoms with Crippen LogP contribution < -0.4 is 10.8 Å². The predicted octanol–water partition coefficient (Wildman–Crippen LogP) is 0.662. The molecule has 11 nitrogen and oxygen atoms in total. The lowest BCUT2D eigenvalue weighted by molar-refractivity contribution is -0.266. The standard InChI is InChI=1S/C24H28N2O9S3/c1-13-18(26-32)20(28)21(29)22(34-13)35-16-8-6-4-5-7-10-24(31)12-15(27)19(25-23(30)33-2)17(16)14(24)9-11-37-38-36-3/h4-5,9,13,18-22,26,28-29,31-32H,11-12H2,1-3H3,(H,25,30)/b5-4-,14-9+,17-16-/t13-,18-,19?,20+,21-,22+,24+/m1/s1. The van der Waals surface area contributed by atoms with Crippen molar-refractivity contribution >= 4 is 43.3 Å². The van der Waals surface area contributed by atoms with E-state index in [1.165, 1.54) is 43.6 Å². The van der Waals surface area contributed by atoms with Gasteiger partial charge in [-0.2, -0.15) is 5.48 Å². The van der Waals surface area contributed by atoms with Gasteiger partial charge in [-0.15, -0.1) is 0 Å². The lowest BCUT2D eigenvalue weighted by Gasteiger charge is -2.41. The lowest BCUT2D eigenvalue weighted by atomic mass is 9.73. The van der Waals surface area contributed by atoms with Gasteiger partial charge in [0.1, 0.15) is 18.2 Å². The Morgan fingerprint density at radius 2 is 2.05 bits per heavy atom. The molecule has 1 aliphatic heterocycles. The molecule has 0 aromatic heterocycles. The highest BCUT2D eigenvalue weighted by Gasteiger charge is 2.49. The minimum Gasteiger partial charge on any atom is -0.453 e. The van der Waals surface area contributed by atoms with E-state index >= 15 is 0 Å². The van der Waals surface area contributed by atoms with Crippen LogP contribution in [0.2, 0.25) is 0 Å². The molecule has 1 heterocycles. The average Bonchev–Trinajstić information content (AvgIpc) is 2.88. The van der Waals surface area contributed by atoms with E-state index in [4.69, 9.17) is 14.2 Å². The Morgan fingerprint density at radius 3 is 2.74 bits per heavy atom. The Hall–Kier alpha value is -2.11. The van der Waals surface area contributed by atoms with Crippen molar-refractivity contribution in [3.8, 4) is 23.7 Å². The van der Waals surface area contributed by atoms with Gasteiger partial charge in [-0.1, -0.05) is 45.4 Å². The van der Waals surface area contributed by atoms with Crippen LogP contribution in [-0.2, 0) is 19.0 Å². The van der Waals surface area contributed by atoms with E-state index in [9.17, 15) is 30.1 Å². The van der Waals surface area contributed by atoms with E-state index in [2.05, 4.69) is 29.0 Å². The van der Waals surface area contributed by atoms with Gasteiger partial charge in [-0.3, -0.25) is 4.79 Å². The van der Waals surface area contributed by atoms with Crippen molar-refractivity contribution in [1.29, 1.82) is 0 Å². The summed E-state index contributed by atoms with van der Waals surface area (Å²) >= 11 is 0. The normalized spacial score (nSPS) is 36.3. The molecule has 2 fully saturated rings. The molecule has 1 amide bonds. The van der Waals surface area contributed by atoms with Gasteiger partial charge in [-0.25, -0.2) is 4.79 Å². The molecule has 1 unspecified atom stereocenters. The SMILES string of the molecule is COC(=O)NC1C(=O)C[C@@]2(O)C#C/C=C\C#C/C(O[C@@H]3O[C@H](C)[C@@H](NO)[C@H](O)[C@H]3O)=C1\C2=C/CSSSC. The van der Waals surface area contributed by atoms with Crippen LogP contribution in [0.4, 0.5) is 4.79 Å². The number of aliphatic hydroxyl groups is 3. The number of ketones is 1. The van der Waals surface area contributed by atoms with Gasteiger partial charge in [0.25, 0.3) is 0 Å². The summed E-state index contributed by atoms with van der Waals surface area (Å²) < 4.78 is 16.4. The third-order valence-electron chi connectivity index (χ3n) is 5.89. The third kappa shape index (κ3) is 6.90. The van der Waals surface area contributed by atoms with Gasteiger partial charge >= 0.3 is 6.09 Å². The number of hydroxylamine groups is 1. The summed E-state index contributed by atoms with van der Waals surface area (Å²) in [7, 11) is 5.66. The number of alkyl carbamates (subject to hydrolysis) is 1. The number of aliphatic hydroxyl groups excluding tert-OH is 2. The molecule has 38 heavy (non-hydrogen) atoms. The van der Waals surface area contributed by atoms with Gasteiger partial charge in [0, 0.05) is 16.9 Å². The largest absolute Gasteiger partial charge is 0.453 e. The molecule has 0 radical (unpaired) electrons. The van der Waals surface area contributed by atoms with E-state index in [0.29, 0.717) is 5.75 Å². The van der Waals surface area contributed by atoms with Crippen LogP contribution in [0.3, 0.4) is 0 Å². The zero-order chi connectivity index (χ0) is 27.9. The Morgan fingerprint density at radius 1 is 1.32 bits per heavy atom. The summed E-state index contributed by atoms with van der Waals surface area (Å²) in [5.41, 5.74) is 0.171. The lowest BCUT2D eigenvalue weighted by Crippen LogP contribution is -2.61. The molecule has 1 saturated carbocycles. The zero-order valence-electron chi connectivity index (χ0n) is 20.7. The molecule has 7 atom stereocenters. The average molecular weight is 585 g/mol. The van der Waals surface area contributed by atoms with Crippen molar-refractivity contribution < 1.29 is 44.3 Å². The Balaban J connectivity index is 2.19. The van der Waals surface area contributed by atoms with Crippen LogP contribution in [-0.4, -0.2) is 93.8 Å². The Kier molecular flexibility index (Phi) is 11.1. The molecule has 2 aliphatic carbocycles. The molecule has 14 heteroatoms. The van der Waals surface area contributed by atoms with Gasteiger partial charge < -0.3 is 40.1 Å². The molecular formula is C24H28N2O9S3. The van der Waals surface area contributed by atoms with Crippen molar-refractivity contribution in [2.45, 2.75) is 55.6 Å². The van der Waals surface area contributed by atoms with Gasteiger partial charge in [0.15, 0.2) is 17.1 Å². The molecule has 0 aromatic rings. The minimum absolute atomic E-state index is 0.0151. The van der Waals surface area contributed by atoms with Crippen molar-refractivity contribution in [2.75, 3.05) is 19.1 Å². The zero-order valence-corrected chi connectivity index (χ0v) is 23.1. The Labute approximate surface area is 231 Å². The number of rotatable bonds is 8. The quantitative estimate of drug-likeness (QED) is 0.102. The summed E-state index contributed by atoms with van der Waals surface area (Å²) in [5, 5.41) is 44.5. The number of fused-ring (bicyclic) bond motifs is 2. The molecule has 206 valence electrons. The first-order valence-electron chi connectivity index (χ1n) is 11.3. The smallest absolute Gasteiger partial charge is 0.407 e. The highest BCUT2D eigenvalue weighted by atomic mass is 33.5. The van der Waals surface area contributed by atoms with E-state index in [0.717, 1.165) is 7.11 Å². The number of carbonyl (C=O) groups excluding carboxylic acids is 2. The molecule has 1 saturated heterocycles. The number of carbonyl (C=O) groups is 2. The number of hydrogen-bond acceptors (Lipinski definition) is 13. The fourth-order valence-electron chi connectivity index (χ4n) is 4.09. The van der Waals surface area contributed by atoms with Crippen molar-refractivity contribution in [3.05, 3.63) is 35.1 Å². The summed E-state index contributed by atoms with van der Waals surface area (Å²) in [6.45, 7) is 1.55.